The van der Waals surface area contributed by atoms with Gasteiger partial charge < -0.3 is 10.2 Å². The second-order valence-electron chi connectivity index (χ2n) is 11.7. The number of phenols is 2. The number of benzene rings is 3. The molecule has 1 saturated heterocycles. The lowest BCUT2D eigenvalue weighted by molar-refractivity contribution is -0.140. The van der Waals surface area contributed by atoms with Gasteiger partial charge in [-0.25, -0.2) is 0 Å². The van der Waals surface area contributed by atoms with Gasteiger partial charge in [0.15, 0.2) is 11.6 Å². The summed E-state index contributed by atoms with van der Waals surface area (Å²) < 4.78 is 0. The third-order valence-electron chi connectivity index (χ3n) is 9.45. The number of carbonyl (C=O) groups is 4. The lowest BCUT2D eigenvalue weighted by Gasteiger charge is -2.42. The van der Waals surface area contributed by atoms with Crippen LogP contribution in [0.25, 0.3) is 10.8 Å². The van der Waals surface area contributed by atoms with Crippen molar-refractivity contribution in [3.8, 4) is 11.5 Å². The molecule has 0 aromatic heterocycles. The molecule has 0 saturated carbocycles. The number of allylic oxidation sites excluding steroid dienone is 6. The topological polar surface area (TPSA) is 112 Å². The average molecular weight is 560 g/mol. The number of rotatable bonds is 4. The smallest absolute Gasteiger partial charge is 0.233 e. The summed E-state index contributed by atoms with van der Waals surface area (Å²) in [7, 11) is 0. The molecule has 7 rings (SSSR count). The molecular weight excluding hydrogens is 530 g/mol. The van der Waals surface area contributed by atoms with Gasteiger partial charge in [-0.2, -0.15) is 0 Å². The van der Waals surface area contributed by atoms with Crippen molar-refractivity contribution in [2.45, 2.75) is 32.1 Å². The van der Waals surface area contributed by atoms with Crippen LogP contribution in [-0.2, 0) is 25.6 Å². The summed E-state index contributed by atoms with van der Waals surface area (Å²) in [6.07, 6.45) is 4.34. The number of phenolic OH excluding ortho intramolecular Hbond substituents is 2. The highest BCUT2D eigenvalue weighted by Crippen LogP contribution is 2.57. The molecule has 7 nitrogen and oxygen atoms in total. The molecule has 2 N–H and O–H groups in total. The van der Waals surface area contributed by atoms with Crippen LogP contribution in [0, 0.1) is 17.8 Å². The molecule has 1 heterocycles. The minimum atomic E-state index is -0.708. The molecule has 0 radical (unpaired) electrons. The number of imide groups is 1. The van der Waals surface area contributed by atoms with Crippen molar-refractivity contribution >= 4 is 34.2 Å². The van der Waals surface area contributed by atoms with E-state index in [2.05, 4.69) is 0 Å². The van der Waals surface area contributed by atoms with Gasteiger partial charge in [-0.15, -0.1) is 0 Å². The number of hydrogen-bond acceptors (Lipinski definition) is 6. The lowest BCUT2D eigenvalue weighted by atomic mass is 9.59. The normalized spacial score (nSPS) is 25.3. The Morgan fingerprint density at radius 2 is 1.64 bits per heavy atom. The lowest BCUT2D eigenvalue weighted by Crippen LogP contribution is -2.40. The molecule has 3 aromatic rings. The summed E-state index contributed by atoms with van der Waals surface area (Å²) in [5.74, 6) is -3.15. The average Bonchev–Trinajstić information content (AvgIpc) is 3.23. The molecule has 1 fully saturated rings. The number of fused-ring (bicyclic) bond motifs is 4. The SMILES string of the molecule is CC1=CC(=O)C2=C(C1=O)C(c1c(O)ccc3ccccc13)C1=CCC3C(=O)N(CCc4ccc(O)cc4)C(=O)C3C1C2. The first-order chi connectivity index (χ1) is 20.2. The van der Waals surface area contributed by atoms with E-state index in [1.54, 1.807) is 37.3 Å². The first-order valence-electron chi connectivity index (χ1n) is 14.3. The number of Topliss-reactive ketones (excluding diaryl/α,β-unsaturated/α-hetero) is 1. The summed E-state index contributed by atoms with van der Waals surface area (Å²) in [4.78, 5) is 56.0. The molecule has 4 atom stereocenters. The molecule has 4 unspecified atom stereocenters. The van der Waals surface area contributed by atoms with Gasteiger partial charge in [0.05, 0.1) is 11.8 Å². The maximum absolute atomic E-state index is 14.0. The van der Waals surface area contributed by atoms with Crippen LogP contribution < -0.4 is 0 Å². The highest BCUT2D eigenvalue weighted by Gasteiger charge is 2.56. The number of carbonyl (C=O) groups excluding carboxylic acids is 4. The second-order valence-corrected chi connectivity index (χ2v) is 11.7. The summed E-state index contributed by atoms with van der Waals surface area (Å²) in [5.41, 5.74) is 3.35. The monoisotopic (exact) mass is 559 g/mol. The summed E-state index contributed by atoms with van der Waals surface area (Å²) in [6.45, 7) is 1.85. The van der Waals surface area contributed by atoms with E-state index in [9.17, 15) is 29.4 Å². The van der Waals surface area contributed by atoms with Crippen LogP contribution in [0.2, 0.25) is 0 Å². The molecule has 42 heavy (non-hydrogen) atoms. The highest BCUT2D eigenvalue weighted by atomic mass is 16.3. The fraction of sp³-hybridized carbons (Fsp3) is 0.257. The Balaban J connectivity index is 1.32. The first kappa shape index (κ1) is 26.1. The fourth-order valence-electron chi connectivity index (χ4n) is 7.47. The number of nitrogens with zero attached hydrogens (tertiary/aromatic N) is 1. The third kappa shape index (κ3) is 3.87. The van der Waals surface area contributed by atoms with Crippen molar-refractivity contribution in [2.24, 2.45) is 17.8 Å². The van der Waals surface area contributed by atoms with Gasteiger partial charge >= 0.3 is 0 Å². The molecule has 3 aromatic carbocycles. The fourth-order valence-corrected chi connectivity index (χ4v) is 7.47. The molecule has 0 spiro atoms. The Morgan fingerprint density at radius 3 is 2.43 bits per heavy atom. The zero-order valence-electron chi connectivity index (χ0n) is 23.0. The largest absolute Gasteiger partial charge is 0.508 e. The zero-order valence-corrected chi connectivity index (χ0v) is 23.0. The summed E-state index contributed by atoms with van der Waals surface area (Å²) >= 11 is 0. The van der Waals surface area contributed by atoms with Crippen LogP contribution in [0.5, 0.6) is 11.5 Å². The summed E-state index contributed by atoms with van der Waals surface area (Å²) in [6, 6.07) is 17.7. The van der Waals surface area contributed by atoms with Crippen LogP contribution in [0.1, 0.15) is 36.8 Å². The quantitative estimate of drug-likeness (QED) is 0.267. The minimum Gasteiger partial charge on any atom is -0.508 e. The van der Waals surface area contributed by atoms with E-state index in [-0.39, 0.29) is 47.8 Å². The van der Waals surface area contributed by atoms with Gasteiger partial charge in [-0.3, -0.25) is 24.1 Å². The summed E-state index contributed by atoms with van der Waals surface area (Å²) in [5, 5.41) is 22.5. The van der Waals surface area contributed by atoms with E-state index in [1.165, 1.54) is 11.0 Å². The van der Waals surface area contributed by atoms with E-state index in [1.807, 2.05) is 36.4 Å². The van der Waals surface area contributed by atoms with Gasteiger partial charge in [-0.1, -0.05) is 54.1 Å². The number of ketones is 2. The van der Waals surface area contributed by atoms with Crippen LogP contribution in [-0.4, -0.2) is 45.0 Å². The maximum atomic E-state index is 14.0. The molecule has 0 bridgehead atoms. The third-order valence-corrected chi connectivity index (χ3v) is 9.45. The van der Waals surface area contributed by atoms with Crippen LogP contribution in [0.15, 0.2) is 95.1 Å². The number of aromatic hydroxyl groups is 2. The van der Waals surface area contributed by atoms with Crippen molar-refractivity contribution in [1.29, 1.82) is 0 Å². The van der Waals surface area contributed by atoms with Crippen LogP contribution >= 0.6 is 0 Å². The molecule has 210 valence electrons. The predicted molar refractivity (Wildman–Crippen MR) is 155 cm³/mol. The molecule has 3 aliphatic carbocycles. The predicted octanol–water partition coefficient (Wildman–Crippen LogP) is 4.92. The number of hydrogen-bond donors (Lipinski definition) is 2. The van der Waals surface area contributed by atoms with E-state index in [4.69, 9.17) is 0 Å². The van der Waals surface area contributed by atoms with E-state index >= 15 is 0 Å². The Kier molecular flexibility index (Phi) is 6.01. The van der Waals surface area contributed by atoms with Crippen molar-refractivity contribution in [1.82, 2.24) is 4.90 Å². The van der Waals surface area contributed by atoms with Crippen LogP contribution in [0.3, 0.4) is 0 Å². The van der Waals surface area contributed by atoms with Gasteiger partial charge in [0.2, 0.25) is 11.8 Å². The Bertz CT molecular complexity index is 1810. The highest BCUT2D eigenvalue weighted by molar-refractivity contribution is 6.24. The molecule has 7 heteroatoms. The number of amides is 2. The van der Waals surface area contributed by atoms with Crippen molar-refractivity contribution < 1.29 is 29.4 Å². The van der Waals surface area contributed by atoms with Gasteiger partial charge in [0.1, 0.15) is 11.5 Å². The van der Waals surface area contributed by atoms with Gasteiger partial charge in [0, 0.05) is 34.7 Å². The Morgan fingerprint density at radius 1 is 0.881 bits per heavy atom. The zero-order chi connectivity index (χ0) is 29.3. The van der Waals surface area contributed by atoms with Crippen molar-refractivity contribution in [2.75, 3.05) is 6.54 Å². The Labute approximate surface area is 242 Å². The second kappa shape index (κ2) is 9.65. The first-order valence-corrected chi connectivity index (χ1v) is 14.3. The van der Waals surface area contributed by atoms with Crippen molar-refractivity contribution in [3.05, 3.63) is 106 Å². The molecule has 2 amide bonds. The maximum Gasteiger partial charge on any atom is 0.233 e. The molecule has 1 aliphatic heterocycles. The van der Waals surface area contributed by atoms with Gasteiger partial charge in [0.25, 0.3) is 0 Å². The molecular formula is C35H29NO6. The molecule has 4 aliphatic rings. The van der Waals surface area contributed by atoms with Crippen LogP contribution in [0.4, 0.5) is 0 Å². The van der Waals surface area contributed by atoms with Crippen molar-refractivity contribution in [3.63, 3.8) is 0 Å². The Hall–Kier alpha value is -4.78. The van der Waals surface area contributed by atoms with E-state index in [0.717, 1.165) is 21.9 Å². The minimum absolute atomic E-state index is 0.0195. The standard InChI is InChI=1S/C35H29NO6/c1-18-16-28(39)26-17-25-23(31(32(26)33(18)40)30-22-5-3-2-4-20(22)8-13-27(30)38)11-12-24-29(25)35(42)36(34(24)41)15-14-19-6-9-21(37)10-7-19/h2-11,13,16,24-25,29,31,37-38H,12,14-15,17H2,1H3. The number of likely N-dealkylation sites (tertiary alicyclic amines) is 1. The van der Waals surface area contributed by atoms with Gasteiger partial charge in [-0.05, 0) is 72.7 Å². The van der Waals surface area contributed by atoms with E-state index in [0.29, 0.717) is 35.1 Å². The van der Waals surface area contributed by atoms with E-state index < -0.39 is 23.7 Å².